The Kier molecular flexibility index (Phi) is 4.22. The molecular weight excluding hydrogens is 354 g/mol. The van der Waals surface area contributed by atoms with Gasteiger partial charge >= 0.3 is 0 Å². The van der Waals surface area contributed by atoms with Crippen molar-refractivity contribution in [2.75, 3.05) is 31.8 Å². The molecule has 8 heteroatoms. The van der Waals surface area contributed by atoms with E-state index in [1.807, 2.05) is 4.90 Å². The van der Waals surface area contributed by atoms with Crippen molar-refractivity contribution in [1.29, 1.82) is 0 Å². The number of rotatable bonds is 2. The first kappa shape index (κ1) is 17.1. The van der Waals surface area contributed by atoms with Gasteiger partial charge in [-0.05, 0) is 31.0 Å². The predicted octanol–water partition coefficient (Wildman–Crippen LogP) is 1.05. The fourth-order valence-corrected chi connectivity index (χ4v) is 4.80. The summed E-state index contributed by atoms with van der Waals surface area (Å²) >= 11 is 1.56. The molecule has 2 saturated heterocycles. The van der Waals surface area contributed by atoms with Gasteiger partial charge in [-0.15, -0.1) is 11.8 Å². The summed E-state index contributed by atoms with van der Waals surface area (Å²) in [6.07, 6.45) is 2.02. The molecule has 3 heterocycles. The number of nitrogens with zero attached hydrogens (tertiary/aromatic N) is 3. The molecule has 3 aliphatic heterocycles. The Labute approximate surface area is 155 Å². The summed E-state index contributed by atoms with van der Waals surface area (Å²) in [5.74, 6) is 0.0140. The smallest absolute Gasteiger partial charge is 0.261 e. The zero-order valence-electron chi connectivity index (χ0n) is 14.4. The number of carbonyl (C=O) groups is 4. The summed E-state index contributed by atoms with van der Waals surface area (Å²) in [4.78, 5) is 54.3. The highest BCUT2D eigenvalue weighted by molar-refractivity contribution is 7.99. The van der Waals surface area contributed by atoms with Crippen molar-refractivity contribution in [1.82, 2.24) is 14.7 Å². The number of imide groups is 1. The summed E-state index contributed by atoms with van der Waals surface area (Å²) in [7, 11) is 1.42. The Bertz CT molecular complexity index is 819. The number of fused-ring (bicyclic) bond motifs is 1. The van der Waals surface area contributed by atoms with Gasteiger partial charge < -0.3 is 9.80 Å². The average Bonchev–Trinajstić information content (AvgIpc) is 3.39. The molecule has 3 aliphatic rings. The van der Waals surface area contributed by atoms with Gasteiger partial charge in [-0.1, -0.05) is 0 Å². The Balaban J connectivity index is 1.59. The lowest BCUT2D eigenvalue weighted by atomic mass is 10.0. The third kappa shape index (κ3) is 2.59. The molecule has 26 heavy (non-hydrogen) atoms. The molecule has 1 aromatic carbocycles. The van der Waals surface area contributed by atoms with Crippen LogP contribution in [0.3, 0.4) is 0 Å². The number of hydrogen-bond donors (Lipinski definition) is 0. The fraction of sp³-hybridized carbons (Fsp3) is 0.444. The molecular formula is C18H19N3O4S. The van der Waals surface area contributed by atoms with E-state index >= 15 is 0 Å². The Morgan fingerprint density at radius 1 is 1.08 bits per heavy atom. The van der Waals surface area contributed by atoms with Crippen LogP contribution in [0.2, 0.25) is 0 Å². The monoisotopic (exact) mass is 373 g/mol. The second kappa shape index (κ2) is 6.42. The number of likely N-dealkylation sites (tertiary alicyclic amines) is 1. The number of amides is 4. The molecule has 136 valence electrons. The van der Waals surface area contributed by atoms with E-state index in [2.05, 4.69) is 0 Å². The van der Waals surface area contributed by atoms with Crippen molar-refractivity contribution in [3.63, 3.8) is 0 Å². The lowest BCUT2D eigenvalue weighted by Crippen LogP contribution is -2.48. The highest BCUT2D eigenvalue weighted by Gasteiger charge is 2.39. The predicted molar refractivity (Wildman–Crippen MR) is 96.0 cm³/mol. The third-order valence-corrected chi connectivity index (χ3v) is 6.19. The van der Waals surface area contributed by atoms with Gasteiger partial charge in [0.05, 0.1) is 17.0 Å². The highest BCUT2D eigenvalue weighted by Crippen LogP contribution is 2.28. The SMILES string of the molecule is CN1C(=O)c2ccc(C(=O)N3CSC[C@H]3C(=O)N3CCCC3)cc2C1=O. The lowest BCUT2D eigenvalue weighted by molar-refractivity contribution is -0.133. The minimum absolute atomic E-state index is 0.00741. The summed E-state index contributed by atoms with van der Waals surface area (Å²) in [6.45, 7) is 1.51. The molecule has 4 amide bonds. The van der Waals surface area contributed by atoms with E-state index in [1.54, 1.807) is 22.7 Å². The Hall–Kier alpha value is -2.35. The molecule has 0 spiro atoms. The number of benzene rings is 1. The summed E-state index contributed by atoms with van der Waals surface area (Å²) in [6, 6.07) is 4.10. The van der Waals surface area contributed by atoms with Crippen molar-refractivity contribution < 1.29 is 19.2 Å². The van der Waals surface area contributed by atoms with Gasteiger partial charge in [0.15, 0.2) is 0 Å². The lowest BCUT2D eigenvalue weighted by Gasteiger charge is -2.27. The summed E-state index contributed by atoms with van der Waals surface area (Å²) in [5.41, 5.74) is 0.897. The molecule has 0 unspecified atom stereocenters. The van der Waals surface area contributed by atoms with Crippen molar-refractivity contribution in [3.8, 4) is 0 Å². The maximum absolute atomic E-state index is 13.0. The Morgan fingerprint density at radius 3 is 2.50 bits per heavy atom. The molecule has 1 atom stereocenters. The van der Waals surface area contributed by atoms with Gasteiger partial charge in [-0.2, -0.15) is 0 Å². The number of carbonyl (C=O) groups excluding carboxylic acids is 4. The number of hydrogen-bond acceptors (Lipinski definition) is 5. The van der Waals surface area contributed by atoms with Crippen molar-refractivity contribution in [2.24, 2.45) is 0 Å². The topological polar surface area (TPSA) is 78.0 Å². The summed E-state index contributed by atoms with van der Waals surface area (Å²) < 4.78 is 0. The van der Waals surface area contributed by atoms with E-state index in [9.17, 15) is 19.2 Å². The van der Waals surface area contributed by atoms with Gasteiger partial charge in [-0.3, -0.25) is 24.1 Å². The third-order valence-electron chi connectivity index (χ3n) is 5.18. The van der Waals surface area contributed by atoms with Crippen molar-refractivity contribution in [3.05, 3.63) is 34.9 Å². The van der Waals surface area contributed by atoms with E-state index in [-0.39, 0.29) is 23.3 Å². The van der Waals surface area contributed by atoms with Crippen LogP contribution in [0.5, 0.6) is 0 Å². The Morgan fingerprint density at radius 2 is 1.77 bits per heavy atom. The van der Waals surface area contributed by atoms with Gasteiger partial charge in [-0.25, -0.2) is 0 Å². The molecule has 4 rings (SSSR count). The van der Waals surface area contributed by atoms with Crippen LogP contribution in [0.1, 0.15) is 43.9 Å². The molecule has 2 fully saturated rings. The van der Waals surface area contributed by atoms with Crippen LogP contribution in [0.25, 0.3) is 0 Å². The standard InChI is InChI=1S/C18H19N3O4S/c1-19-16(23)12-5-4-11(8-13(12)17(19)24)15(22)21-10-26-9-14(21)18(25)20-6-2-3-7-20/h4-5,8,14H,2-3,6-7,9-10H2,1H3/t14-/m0/s1. The van der Waals surface area contributed by atoms with Crippen LogP contribution in [0, 0.1) is 0 Å². The van der Waals surface area contributed by atoms with Crippen LogP contribution in [-0.2, 0) is 4.79 Å². The molecule has 0 bridgehead atoms. The first-order valence-corrected chi connectivity index (χ1v) is 9.78. The first-order valence-electron chi connectivity index (χ1n) is 8.63. The fourth-order valence-electron chi connectivity index (χ4n) is 3.66. The molecule has 0 N–H and O–H groups in total. The molecule has 0 aliphatic carbocycles. The second-order valence-electron chi connectivity index (χ2n) is 6.75. The van der Waals surface area contributed by atoms with Gasteiger partial charge in [0, 0.05) is 31.5 Å². The molecule has 1 aromatic rings. The van der Waals surface area contributed by atoms with E-state index in [0.717, 1.165) is 30.8 Å². The molecule has 7 nitrogen and oxygen atoms in total. The quantitative estimate of drug-likeness (QED) is 0.724. The summed E-state index contributed by atoms with van der Waals surface area (Å²) in [5, 5.41) is 0. The van der Waals surface area contributed by atoms with Crippen LogP contribution < -0.4 is 0 Å². The van der Waals surface area contributed by atoms with E-state index in [0.29, 0.717) is 22.8 Å². The van der Waals surface area contributed by atoms with Gasteiger partial charge in [0.2, 0.25) is 5.91 Å². The minimum Gasteiger partial charge on any atom is -0.341 e. The molecule has 0 aromatic heterocycles. The van der Waals surface area contributed by atoms with Crippen LogP contribution in [0.4, 0.5) is 0 Å². The molecule has 0 saturated carbocycles. The van der Waals surface area contributed by atoms with Crippen LogP contribution in [-0.4, -0.2) is 76.1 Å². The highest BCUT2D eigenvalue weighted by atomic mass is 32.2. The van der Waals surface area contributed by atoms with Gasteiger partial charge in [0.1, 0.15) is 6.04 Å². The van der Waals surface area contributed by atoms with Crippen molar-refractivity contribution >= 4 is 35.4 Å². The largest absolute Gasteiger partial charge is 0.341 e. The van der Waals surface area contributed by atoms with Crippen LogP contribution in [0.15, 0.2) is 18.2 Å². The average molecular weight is 373 g/mol. The second-order valence-corrected chi connectivity index (χ2v) is 7.75. The maximum atomic E-state index is 13.0. The zero-order valence-corrected chi connectivity index (χ0v) is 15.3. The van der Waals surface area contributed by atoms with Crippen LogP contribution >= 0.6 is 11.8 Å². The van der Waals surface area contributed by atoms with E-state index in [1.165, 1.54) is 19.2 Å². The van der Waals surface area contributed by atoms with E-state index in [4.69, 9.17) is 0 Å². The molecule has 0 radical (unpaired) electrons. The normalized spacial score (nSPS) is 22.3. The van der Waals surface area contributed by atoms with E-state index < -0.39 is 11.9 Å². The maximum Gasteiger partial charge on any atom is 0.261 e. The number of thioether (sulfide) groups is 1. The first-order chi connectivity index (χ1) is 12.5. The van der Waals surface area contributed by atoms with Gasteiger partial charge in [0.25, 0.3) is 17.7 Å². The van der Waals surface area contributed by atoms with Crippen molar-refractivity contribution in [2.45, 2.75) is 18.9 Å². The zero-order chi connectivity index (χ0) is 18.4. The minimum atomic E-state index is -0.459.